The molecule has 0 spiro atoms. The van der Waals surface area contributed by atoms with Crippen molar-refractivity contribution in [2.75, 3.05) is 0 Å². The summed E-state index contributed by atoms with van der Waals surface area (Å²) in [5, 5.41) is 17.9. The molecule has 3 rings (SSSR count). The molecule has 3 N–H and O–H groups in total. The van der Waals surface area contributed by atoms with Crippen molar-refractivity contribution in [3.8, 4) is 5.75 Å². The molecule has 0 saturated carbocycles. The summed E-state index contributed by atoms with van der Waals surface area (Å²) in [6.45, 7) is 0. The van der Waals surface area contributed by atoms with E-state index in [2.05, 4.69) is 20.2 Å². The summed E-state index contributed by atoms with van der Waals surface area (Å²) in [6.07, 6.45) is 1.33. The highest BCUT2D eigenvalue weighted by Gasteiger charge is 2.14. The molecular weight excluding hydrogens is 288 g/mol. The first kappa shape index (κ1) is 12.1. The van der Waals surface area contributed by atoms with Gasteiger partial charge in [-0.15, -0.1) is 0 Å². The van der Waals surface area contributed by atoms with Crippen LogP contribution in [0.25, 0.3) is 10.9 Å². The van der Waals surface area contributed by atoms with Crippen molar-refractivity contribution < 1.29 is 5.11 Å². The molecule has 6 nitrogen and oxygen atoms in total. The Balaban J connectivity index is 2.20. The van der Waals surface area contributed by atoms with Crippen molar-refractivity contribution in [3.05, 3.63) is 39.9 Å². The summed E-state index contributed by atoms with van der Waals surface area (Å²) in [5.74, 6) is -0.100. The van der Waals surface area contributed by atoms with E-state index in [1.807, 2.05) is 0 Å². The summed E-state index contributed by atoms with van der Waals surface area (Å²) in [7, 11) is 0. The lowest BCUT2D eigenvalue weighted by molar-refractivity contribution is 0.467. The molecule has 0 aliphatic heterocycles. The topological polar surface area (TPSA) is 94.7 Å². The third-order valence-electron chi connectivity index (χ3n) is 2.50. The van der Waals surface area contributed by atoms with Crippen LogP contribution in [0, 0.1) is 0 Å². The fourth-order valence-corrected chi connectivity index (χ4v) is 2.58. The van der Waals surface area contributed by atoms with Crippen molar-refractivity contribution in [2.24, 2.45) is 0 Å². The van der Waals surface area contributed by atoms with Crippen molar-refractivity contribution in [2.45, 2.75) is 10.1 Å². The Hall–Kier alpha value is -1.99. The molecular formula is C11H7ClN4O2S. The summed E-state index contributed by atoms with van der Waals surface area (Å²) < 4.78 is 0. The Kier molecular flexibility index (Phi) is 2.92. The largest absolute Gasteiger partial charge is 0.506 e. The number of hydrogen-bond acceptors (Lipinski definition) is 5. The van der Waals surface area contributed by atoms with Crippen LogP contribution in [0.1, 0.15) is 0 Å². The van der Waals surface area contributed by atoms with Gasteiger partial charge in [0.15, 0.2) is 5.16 Å². The van der Waals surface area contributed by atoms with Gasteiger partial charge in [0.05, 0.1) is 5.52 Å². The Bertz CT molecular complexity index is 800. The lowest BCUT2D eigenvalue weighted by Crippen LogP contribution is -2.08. The first-order valence-corrected chi connectivity index (χ1v) is 6.42. The number of benzene rings is 1. The number of hydrogen-bond donors (Lipinski definition) is 3. The number of aromatic nitrogens is 4. The van der Waals surface area contributed by atoms with Gasteiger partial charge in [0.2, 0.25) is 0 Å². The Morgan fingerprint density at radius 3 is 2.95 bits per heavy atom. The van der Waals surface area contributed by atoms with E-state index in [0.717, 1.165) is 11.8 Å². The van der Waals surface area contributed by atoms with E-state index >= 15 is 0 Å². The molecule has 3 aromatic rings. The second-order valence-electron chi connectivity index (χ2n) is 3.71. The zero-order chi connectivity index (χ0) is 13.4. The Morgan fingerprint density at radius 2 is 2.21 bits per heavy atom. The number of fused-ring (bicyclic) bond motifs is 1. The van der Waals surface area contributed by atoms with Gasteiger partial charge in [0.1, 0.15) is 17.0 Å². The second kappa shape index (κ2) is 4.60. The second-order valence-corrected chi connectivity index (χ2v) is 5.15. The van der Waals surface area contributed by atoms with E-state index < -0.39 is 5.56 Å². The summed E-state index contributed by atoms with van der Waals surface area (Å²) in [5.41, 5.74) is 0.0746. The van der Waals surface area contributed by atoms with E-state index in [4.69, 9.17) is 11.6 Å². The van der Waals surface area contributed by atoms with E-state index in [9.17, 15) is 9.90 Å². The fraction of sp³-hybridized carbons (Fsp3) is 0. The third-order valence-corrected chi connectivity index (χ3v) is 3.71. The maximum absolute atomic E-state index is 11.9. The average Bonchev–Trinajstić information content (AvgIpc) is 2.87. The van der Waals surface area contributed by atoms with E-state index in [1.165, 1.54) is 6.33 Å². The molecule has 0 fully saturated rings. The molecule has 0 radical (unpaired) electrons. The highest BCUT2D eigenvalue weighted by Crippen LogP contribution is 2.34. The molecule has 2 aromatic heterocycles. The molecule has 0 atom stereocenters. The number of aromatic amines is 2. The molecule has 0 aliphatic rings. The minimum Gasteiger partial charge on any atom is -0.506 e. The van der Waals surface area contributed by atoms with Gasteiger partial charge in [-0.2, -0.15) is 5.10 Å². The van der Waals surface area contributed by atoms with Crippen molar-refractivity contribution in [1.29, 1.82) is 0 Å². The summed E-state index contributed by atoms with van der Waals surface area (Å²) in [6, 6.07) is 4.87. The van der Waals surface area contributed by atoms with Crippen LogP contribution in [0.4, 0.5) is 0 Å². The van der Waals surface area contributed by atoms with Gasteiger partial charge in [-0.05, 0) is 30.0 Å². The molecule has 2 heterocycles. The molecule has 1 aromatic carbocycles. The van der Waals surface area contributed by atoms with Crippen molar-refractivity contribution in [1.82, 2.24) is 20.2 Å². The summed E-state index contributed by atoms with van der Waals surface area (Å²) in [4.78, 5) is 18.7. The molecule has 19 heavy (non-hydrogen) atoms. The first-order valence-electron chi connectivity index (χ1n) is 5.23. The zero-order valence-corrected chi connectivity index (χ0v) is 10.9. The number of H-pyrrole nitrogens is 2. The Labute approximate surface area is 115 Å². The minimum absolute atomic E-state index is 0.100. The van der Waals surface area contributed by atoms with Crippen molar-refractivity contribution >= 4 is 34.3 Å². The SMILES string of the molecule is O=c1[nH]c2cc(Cl)ccc2c(O)c1Sc1ncn[nH]1. The molecule has 96 valence electrons. The van der Waals surface area contributed by atoms with E-state index in [-0.39, 0.29) is 10.6 Å². The average molecular weight is 295 g/mol. The van der Waals surface area contributed by atoms with Crippen molar-refractivity contribution in [3.63, 3.8) is 0 Å². The number of aromatic hydroxyl groups is 1. The zero-order valence-electron chi connectivity index (χ0n) is 9.35. The van der Waals surface area contributed by atoms with Crippen LogP contribution in [0.2, 0.25) is 5.02 Å². The van der Waals surface area contributed by atoms with E-state index in [0.29, 0.717) is 21.1 Å². The number of nitrogens with zero attached hydrogens (tertiary/aromatic N) is 2. The van der Waals surface area contributed by atoms with E-state index in [1.54, 1.807) is 18.2 Å². The smallest absolute Gasteiger partial charge is 0.266 e. The lowest BCUT2D eigenvalue weighted by Gasteiger charge is -2.05. The molecule has 0 amide bonds. The summed E-state index contributed by atoms with van der Waals surface area (Å²) >= 11 is 6.86. The third kappa shape index (κ3) is 2.18. The van der Waals surface area contributed by atoms with Crippen LogP contribution in [0.15, 0.2) is 39.4 Å². The number of pyridine rings is 1. The van der Waals surface area contributed by atoms with Crippen LogP contribution >= 0.6 is 23.4 Å². The number of nitrogens with one attached hydrogen (secondary N) is 2. The van der Waals surface area contributed by atoms with Gasteiger partial charge in [-0.25, -0.2) is 4.98 Å². The maximum atomic E-state index is 11.9. The highest BCUT2D eigenvalue weighted by atomic mass is 35.5. The fourth-order valence-electron chi connectivity index (χ4n) is 1.67. The van der Waals surface area contributed by atoms with Gasteiger partial charge in [0, 0.05) is 10.4 Å². The molecule has 0 bridgehead atoms. The maximum Gasteiger partial charge on any atom is 0.266 e. The predicted molar refractivity (Wildman–Crippen MR) is 71.7 cm³/mol. The molecule has 0 aliphatic carbocycles. The standard InChI is InChI=1S/C11H7ClN4O2S/c12-5-1-2-6-7(3-5)15-10(18)9(8(6)17)19-11-13-4-14-16-11/h1-4H,(H,13,14,16)(H2,15,17,18). The first-order chi connectivity index (χ1) is 9.15. The minimum atomic E-state index is -0.409. The van der Waals surface area contributed by atoms with Crippen LogP contribution in [-0.4, -0.2) is 25.3 Å². The molecule has 0 unspecified atom stereocenters. The van der Waals surface area contributed by atoms with Crippen LogP contribution in [0.5, 0.6) is 5.75 Å². The Morgan fingerprint density at radius 1 is 1.37 bits per heavy atom. The number of rotatable bonds is 2. The number of halogens is 1. The van der Waals surface area contributed by atoms with Gasteiger partial charge in [-0.1, -0.05) is 11.6 Å². The van der Waals surface area contributed by atoms with Gasteiger partial charge < -0.3 is 10.1 Å². The van der Waals surface area contributed by atoms with Crippen LogP contribution < -0.4 is 5.56 Å². The predicted octanol–water partition coefficient (Wildman–Crippen LogP) is 2.16. The van der Waals surface area contributed by atoms with Gasteiger partial charge in [-0.3, -0.25) is 9.89 Å². The van der Waals surface area contributed by atoms with Gasteiger partial charge in [0.25, 0.3) is 5.56 Å². The normalized spacial score (nSPS) is 11.0. The monoisotopic (exact) mass is 294 g/mol. The van der Waals surface area contributed by atoms with Gasteiger partial charge >= 0.3 is 0 Å². The lowest BCUT2D eigenvalue weighted by atomic mass is 10.2. The molecule has 0 saturated heterocycles. The van der Waals surface area contributed by atoms with Crippen LogP contribution in [-0.2, 0) is 0 Å². The quantitative estimate of drug-likeness (QED) is 0.673. The molecule has 8 heteroatoms. The highest BCUT2D eigenvalue weighted by molar-refractivity contribution is 7.99. The van der Waals surface area contributed by atoms with Crippen LogP contribution in [0.3, 0.4) is 0 Å².